The van der Waals surface area contributed by atoms with E-state index < -0.39 is 5.97 Å². The average molecular weight is 280 g/mol. The van der Waals surface area contributed by atoms with E-state index in [1.807, 2.05) is 17.4 Å². The Labute approximate surface area is 120 Å². The van der Waals surface area contributed by atoms with E-state index in [1.54, 1.807) is 6.92 Å². The molecule has 2 heterocycles. The molecule has 1 aromatic heterocycles. The molecule has 1 fully saturated rings. The molecule has 1 saturated heterocycles. The largest absolute Gasteiger partial charge is 0.480 e. The van der Waals surface area contributed by atoms with Gasteiger partial charge in [-0.1, -0.05) is 6.92 Å². The number of hydrogen-bond acceptors (Lipinski definition) is 4. The molecule has 2 rings (SSSR count). The molecule has 112 valence electrons. The third-order valence-corrected chi connectivity index (χ3v) is 3.96. The Balaban J connectivity index is 1.85. The number of aryl methyl sites for hydroxylation is 1. The highest BCUT2D eigenvalue weighted by molar-refractivity contribution is 5.72. The van der Waals surface area contributed by atoms with Gasteiger partial charge in [-0.05, 0) is 13.3 Å². The van der Waals surface area contributed by atoms with Gasteiger partial charge in [-0.15, -0.1) is 0 Å². The molecule has 1 unspecified atom stereocenters. The van der Waals surface area contributed by atoms with Crippen molar-refractivity contribution in [2.45, 2.75) is 39.4 Å². The van der Waals surface area contributed by atoms with Crippen LogP contribution in [0.4, 0.5) is 0 Å². The summed E-state index contributed by atoms with van der Waals surface area (Å²) in [7, 11) is 0. The second kappa shape index (κ2) is 6.85. The molecular weight excluding hydrogens is 256 g/mol. The monoisotopic (exact) mass is 280 g/mol. The highest BCUT2D eigenvalue weighted by atomic mass is 16.4. The van der Waals surface area contributed by atoms with Crippen LogP contribution in [0.15, 0.2) is 12.5 Å². The van der Waals surface area contributed by atoms with Crippen LogP contribution in [0.2, 0.25) is 0 Å². The fourth-order valence-electron chi connectivity index (χ4n) is 2.62. The van der Waals surface area contributed by atoms with Gasteiger partial charge in [0.2, 0.25) is 0 Å². The minimum atomic E-state index is -0.737. The quantitative estimate of drug-likeness (QED) is 0.838. The highest BCUT2D eigenvalue weighted by Gasteiger charge is 2.25. The zero-order valence-electron chi connectivity index (χ0n) is 12.3. The van der Waals surface area contributed by atoms with E-state index in [1.165, 1.54) is 5.69 Å². The Hall–Kier alpha value is -1.40. The summed E-state index contributed by atoms with van der Waals surface area (Å²) in [4.78, 5) is 19.6. The Morgan fingerprint density at radius 2 is 2.10 bits per heavy atom. The fourth-order valence-corrected chi connectivity index (χ4v) is 2.62. The van der Waals surface area contributed by atoms with E-state index in [0.717, 1.165) is 45.7 Å². The molecule has 1 aromatic rings. The maximum absolute atomic E-state index is 11.0. The van der Waals surface area contributed by atoms with Crippen molar-refractivity contribution in [3.63, 3.8) is 0 Å². The van der Waals surface area contributed by atoms with E-state index in [9.17, 15) is 4.79 Å². The van der Waals surface area contributed by atoms with Crippen LogP contribution in [0.25, 0.3) is 0 Å². The van der Waals surface area contributed by atoms with Gasteiger partial charge in [-0.3, -0.25) is 14.6 Å². The molecule has 0 bridgehead atoms. The summed E-state index contributed by atoms with van der Waals surface area (Å²) in [5.74, 6) is -0.737. The summed E-state index contributed by atoms with van der Waals surface area (Å²) >= 11 is 0. The number of carbonyl (C=O) groups is 1. The van der Waals surface area contributed by atoms with Crippen LogP contribution in [0.5, 0.6) is 0 Å². The molecule has 6 nitrogen and oxygen atoms in total. The molecule has 1 aliphatic heterocycles. The van der Waals surface area contributed by atoms with Gasteiger partial charge in [0.05, 0.1) is 12.0 Å². The Bertz CT molecular complexity index is 438. The summed E-state index contributed by atoms with van der Waals surface area (Å²) < 4.78 is 2.20. The molecule has 0 saturated carbocycles. The second-order valence-electron chi connectivity index (χ2n) is 5.40. The number of imidazole rings is 1. The Morgan fingerprint density at radius 1 is 1.40 bits per heavy atom. The predicted octanol–water partition coefficient (Wildman–Crippen LogP) is 0.884. The summed E-state index contributed by atoms with van der Waals surface area (Å²) in [5.41, 5.74) is 1.24. The smallest absolute Gasteiger partial charge is 0.320 e. The summed E-state index contributed by atoms with van der Waals surface area (Å²) in [6, 6.07) is -0.386. The summed E-state index contributed by atoms with van der Waals surface area (Å²) in [5, 5.41) is 9.04. The first-order chi connectivity index (χ1) is 9.61. The highest BCUT2D eigenvalue weighted by Crippen LogP contribution is 2.11. The second-order valence-corrected chi connectivity index (χ2v) is 5.40. The molecular formula is C14H24N4O2. The van der Waals surface area contributed by atoms with Gasteiger partial charge in [0.1, 0.15) is 6.04 Å². The molecule has 1 aliphatic rings. The van der Waals surface area contributed by atoms with Gasteiger partial charge in [0, 0.05) is 45.5 Å². The number of carboxylic acid groups (broad SMARTS) is 1. The normalized spacial score (nSPS) is 19.1. The van der Waals surface area contributed by atoms with Crippen molar-refractivity contribution in [1.29, 1.82) is 0 Å². The third-order valence-electron chi connectivity index (χ3n) is 3.96. The maximum Gasteiger partial charge on any atom is 0.320 e. The van der Waals surface area contributed by atoms with Crippen molar-refractivity contribution in [1.82, 2.24) is 19.4 Å². The van der Waals surface area contributed by atoms with E-state index in [2.05, 4.69) is 21.4 Å². The average Bonchev–Trinajstić information content (AvgIpc) is 2.86. The van der Waals surface area contributed by atoms with Crippen LogP contribution < -0.4 is 0 Å². The van der Waals surface area contributed by atoms with Crippen LogP contribution in [-0.4, -0.2) is 62.6 Å². The van der Waals surface area contributed by atoms with Gasteiger partial charge < -0.3 is 9.67 Å². The lowest BCUT2D eigenvalue weighted by atomic mass is 10.2. The van der Waals surface area contributed by atoms with E-state index in [-0.39, 0.29) is 6.04 Å². The SMILES string of the molecule is CCCn1cncc1CN1CCN(C(C)C(=O)O)CC1. The van der Waals surface area contributed by atoms with E-state index in [4.69, 9.17) is 5.11 Å². The van der Waals surface area contributed by atoms with Crippen molar-refractivity contribution in [3.8, 4) is 0 Å². The molecule has 0 spiro atoms. The minimum absolute atomic E-state index is 0.386. The molecule has 0 amide bonds. The summed E-state index contributed by atoms with van der Waals surface area (Å²) in [6.45, 7) is 9.28. The zero-order chi connectivity index (χ0) is 14.5. The minimum Gasteiger partial charge on any atom is -0.480 e. The lowest BCUT2D eigenvalue weighted by Gasteiger charge is -2.36. The van der Waals surface area contributed by atoms with Crippen LogP contribution in [-0.2, 0) is 17.9 Å². The number of carboxylic acids is 1. The van der Waals surface area contributed by atoms with Crippen LogP contribution in [0.3, 0.4) is 0 Å². The van der Waals surface area contributed by atoms with E-state index >= 15 is 0 Å². The Morgan fingerprint density at radius 3 is 2.70 bits per heavy atom. The van der Waals surface area contributed by atoms with E-state index in [0.29, 0.717) is 0 Å². The summed E-state index contributed by atoms with van der Waals surface area (Å²) in [6.07, 6.45) is 4.93. The van der Waals surface area contributed by atoms with Crippen molar-refractivity contribution in [2.75, 3.05) is 26.2 Å². The van der Waals surface area contributed by atoms with Crippen LogP contribution in [0, 0.1) is 0 Å². The first-order valence-corrected chi connectivity index (χ1v) is 7.30. The first-order valence-electron chi connectivity index (χ1n) is 7.30. The molecule has 0 aliphatic carbocycles. The molecule has 1 atom stereocenters. The number of piperazine rings is 1. The Kier molecular flexibility index (Phi) is 5.14. The first kappa shape index (κ1) is 15.0. The molecule has 0 aromatic carbocycles. The maximum atomic E-state index is 11.0. The fraction of sp³-hybridized carbons (Fsp3) is 0.714. The lowest BCUT2D eigenvalue weighted by molar-refractivity contribution is -0.143. The standard InChI is InChI=1S/C14H24N4O2/c1-3-4-18-11-15-9-13(18)10-16-5-7-17(8-6-16)12(2)14(19)20/h9,11-12H,3-8,10H2,1-2H3,(H,19,20). The van der Waals surface area contributed by atoms with Crippen molar-refractivity contribution >= 4 is 5.97 Å². The van der Waals surface area contributed by atoms with Gasteiger partial charge in [-0.2, -0.15) is 0 Å². The number of aliphatic carboxylic acids is 1. The van der Waals surface area contributed by atoms with Crippen molar-refractivity contribution < 1.29 is 9.90 Å². The number of hydrogen-bond donors (Lipinski definition) is 1. The topological polar surface area (TPSA) is 61.6 Å². The number of nitrogens with zero attached hydrogens (tertiary/aromatic N) is 4. The number of rotatable bonds is 6. The third kappa shape index (κ3) is 3.58. The van der Waals surface area contributed by atoms with Gasteiger partial charge in [0.25, 0.3) is 0 Å². The van der Waals surface area contributed by atoms with Gasteiger partial charge in [0.15, 0.2) is 0 Å². The lowest BCUT2D eigenvalue weighted by Crippen LogP contribution is -2.51. The van der Waals surface area contributed by atoms with Crippen molar-refractivity contribution in [3.05, 3.63) is 18.2 Å². The predicted molar refractivity (Wildman–Crippen MR) is 76.5 cm³/mol. The zero-order valence-corrected chi connectivity index (χ0v) is 12.3. The van der Waals surface area contributed by atoms with Gasteiger partial charge in [-0.25, -0.2) is 4.98 Å². The molecule has 0 radical (unpaired) electrons. The van der Waals surface area contributed by atoms with Crippen molar-refractivity contribution in [2.24, 2.45) is 0 Å². The van der Waals surface area contributed by atoms with Crippen LogP contribution in [0.1, 0.15) is 26.0 Å². The molecule has 20 heavy (non-hydrogen) atoms. The van der Waals surface area contributed by atoms with Gasteiger partial charge >= 0.3 is 5.97 Å². The number of aromatic nitrogens is 2. The molecule has 1 N–H and O–H groups in total. The van der Waals surface area contributed by atoms with Crippen LogP contribution >= 0.6 is 0 Å². The molecule has 6 heteroatoms.